The maximum Gasteiger partial charge on any atom is 0.254 e. The van der Waals surface area contributed by atoms with Gasteiger partial charge in [0.1, 0.15) is 0 Å². The summed E-state index contributed by atoms with van der Waals surface area (Å²) in [6.45, 7) is 3.25. The number of aliphatic hydroxyl groups excluding tert-OH is 1. The molecule has 0 spiro atoms. The zero-order chi connectivity index (χ0) is 11.7. The fourth-order valence-electron chi connectivity index (χ4n) is 1.84. The number of piperidine rings is 1. The SMILES string of the molecule is CC1CCN(C(=O)c2csc(I)c2)CC1O. The molecule has 5 heteroatoms. The van der Waals surface area contributed by atoms with E-state index in [1.165, 1.54) is 0 Å². The number of thiophene rings is 1. The molecule has 0 aromatic carbocycles. The minimum absolute atomic E-state index is 0.0464. The fourth-order valence-corrected chi connectivity index (χ4v) is 3.16. The number of hydrogen-bond acceptors (Lipinski definition) is 3. The Labute approximate surface area is 113 Å². The average Bonchev–Trinajstić information content (AvgIpc) is 2.68. The predicted octanol–water partition coefficient (Wildman–Crippen LogP) is 2.20. The number of nitrogens with zero attached hydrogens (tertiary/aromatic N) is 1. The van der Waals surface area contributed by atoms with E-state index in [0.717, 1.165) is 21.4 Å². The number of hydrogen-bond donors (Lipinski definition) is 1. The lowest BCUT2D eigenvalue weighted by molar-refractivity contribution is 0.0249. The lowest BCUT2D eigenvalue weighted by Crippen LogP contribution is -2.45. The predicted molar refractivity (Wildman–Crippen MR) is 72.7 cm³/mol. The van der Waals surface area contributed by atoms with Crippen molar-refractivity contribution >= 4 is 39.8 Å². The van der Waals surface area contributed by atoms with Crippen molar-refractivity contribution in [2.75, 3.05) is 13.1 Å². The van der Waals surface area contributed by atoms with Gasteiger partial charge in [0.15, 0.2) is 0 Å². The van der Waals surface area contributed by atoms with Crippen molar-refractivity contribution in [3.63, 3.8) is 0 Å². The van der Waals surface area contributed by atoms with E-state index in [9.17, 15) is 9.90 Å². The largest absolute Gasteiger partial charge is 0.391 e. The van der Waals surface area contributed by atoms with Crippen LogP contribution < -0.4 is 0 Å². The number of likely N-dealkylation sites (tertiary alicyclic amines) is 1. The topological polar surface area (TPSA) is 40.5 Å². The molecule has 1 aromatic heterocycles. The molecular weight excluding hydrogens is 337 g/mol. The number of rotatable bonds is 1. The minimum Gasteiger partial charge on any atom is -0.391 e. The Morgan fingerprint density at radius 3 is 3.00 bits per heavy atom. The van der Waals surface area contributed by atoms with Crippen molar-refractivity contribution in [1.82, 2.24) is 4.90 Å². The maximum absolute atomic E-state index is 12.1. The van der Waals surface area contributed by atoms with E-state index in [2.05, 4.69) is 22.6 Å². The molecule has 2 rings (SSSR count). The van der Waals surface area contributed by atoms with E-state index in [1.54, 1.807) is 16.2 Å². The molecule has 3 nitrogen and oxygen atoms in total. The first-order valence-electron chi connectivity index (χ1n) is 5.29. The number of amides is 1. The Hall–Kier alpha value is -0.140. The molecule has 1 fully saturated rings. The van der Waals surface area contributed by atoms with Crippen LogP contribution in [0, 0.1) is 8.80 Å². The van der Waals surface area contributed by atoms with Gasteiger partial charge in [-0.05, 0) is 41.0 Å². The van der Waals surface area contributed by atoms with Crippen molar-refractivity contribution < 1.29 is 9.90 Å². The van der Waals surface area contributed by atoms with Crippen LogP contribution in [-0.4, -0.2) is 35.1 Å². The van der Waals surface area contributed by atoms with Crippen LogP contribution in [0.1, 0.15) is 23.7 Å². The van der Waals surface area contributed by atoms with E-state index in [1.807, 2.05) is 18.4 Å². The van der Waals surface area contributed by atoms with Crippen molar-refractivity contribution in [2.45, 2.75) is 19.4 Å². The summed E-state index contributed by atoms with van der Waals surface area (Å²) >= 11 is 3.79. The summed E-state index contributed by atoms with van der Waals surface area (Å²) in [5, 5.41) is 11.6. The van der Waals surface area contributed by atoms with E-state index < -0.39 is 0 Å². The van der Waals surface area contributed by atoms with Gasteiger partial charge in [-0.3, -0.25) is 4.79 Å². The molecule has 88 valence electrons. The fraction of sp³-hybridized carbons (Fsp3) is 0.545. The number of carbonyl (C=O) groups is 1. The third-order valence-electron chi connectivity index (χ3n) is 3.02. The van der Waals surface area contributed by atoms with Crippen molar-refractivity contribution in [1.29, 1.82) is 0 Å². The van der Waals surface area contributed by atoms with Crippen LogP contribution in [0.4, 0.5) is 0 Å². The van der Waals surface area contributed by atoms with Crippen LogP contribution >= 0.6 is 33.9 Å². The van der Waals surface area contributed by atoms with Gasteiger partial charge in [-0.1, -0.05) is 6.92 Å². The number of carbonyl (C=O) groups excluding carboxylic acids is 1. The summed E-state index contributed by atoms with van der Waals surface area (Å²) in [4.78, 5) is 13.8. The number of β-amino-alcohol motifs (C(OH)–C–C–N with tert-alkyl or cyclic N) is 1. The Morgan fingerprint density at radius 1 is 1.69 bits per heavy atom. The molecule has 2 heterocycles. The standard InChI is InChI=1S/C11H14INO2S/c1-7-2-3-13(5-9(7)14)11(15)8-4-10(12)16-6-8/h4,6-7,9,14H,2-3,5H2,1H3. The summed E-state index contributed by atoms with van der Waals surface area (Å²) in [7, 11) is 0. The second-order valence-corrected chi connectivity index (χ2v) is 7.03. The highest BCUT2D eigenvalue weighted by Crippen LogP contribution is 2.22. The Morgan fingerprint density at radius 2 is 2.44 bits per heavy atom. The highest BCUT2D eigenvalue weighted by atomic mass is 127. The average molecular weight is 351 g/mol. The molecule has 2 unspecified atom stereocenters. The summed E-state index contributed by atoms with van der Waals surface area (Å²) in [5.74, 6) is 0.344. The van der Waals surface area contributed by atoms with Crippen molar-refractivity contribution in [2.24, 2.45) is 5.92 Å². The van der Waals surface area contributed by atoms with Gasteiger partial charge < -0.3 is 10.0 Å². The molecule has 0 bridgehead atoms. The maximum atomic E-state index is 12.1. The van der Waals surface area contributed by atoms with Gasteiger partial charge in [0.25, 0.3) is 5.91 Å². The van der Waals surface area contributed by atoms with Crippen molar-refractivity contribution in [3.05, 3.63) is 19.9 Å². The third kappa shape index (κ3) is 2.57. The van der Waals surface area contributed by atoms with Gasteiger partial charge >= 0.3 is 0 Å². The third-order valence-corrected chi connectivity index (χ3v) is 4.81. The summed E-state index contributed by atoms with van der Waals surface area (Å²) in [6.07, 6.45) is 0.504. The van der Waals surface area contributed by atoms with E-state index >= 15 is 0 Å². The first-order valence-corrected chi connectivity index (χ1v) is 7.25. The molecule has 1 aliphatic heterocycles. The molecule has 1 N–H and O–H groups in total. The van der Waals surface area contributed by atoms with E-state index in [4.69, 9.17) is 0 Å². The Bertz CT molecular complexity index is 393. The summed E-state index contributed by atoms with van der Waals surface area (Å²) in [5.41, 5.74) is 0.746. The van der Waals surface area contributed by atoms with Gasteiger partial charge in [0.2, 0.25) is 0 Å². The molecule has 1 aromatic rings. The Balaban J connectivity index is 2.06. The monoisotopic (exact) mass is 351 g/mol. The van der Waals surface area contributed by atoms with Gasteiger partial charge in [0.05, 0.1) is 14.6 Å². The second-order valence-electron chi connectivity index (χ2n) is 4.22. The first-order chi connectivity index (χ1) is 7.58. The molecule has 16 heavy (non-hydrogen) atoms. The smallest absolute Gasteiger partial charge is 0.254 e. The van der Waals surface area contributed by atoms with Crippen LogP contribution in [0.3, 0.4) is 0 Å². The Kier molecular flexibility index (Phi) is 3.86. The van der Waals surface area contributed by atoms with Gasteiger partial charge in [-0.15, -0.1) is 11.3 Å². The van der Waals surface area contributed by atoms with E-state index in [-0.39, 0.29) is 12.0 Å². The molecular formula is C11H14INO2S. The van der Waals surface area contributed by atoms with E-state index in [0.29, 0.717) is 12.5 Å². The minimum atomic E-state index is -0.379. The van der Waals surface area contributed by atoms with Gasteiger partial charge in [0, 0.05) is 18.5 Å². The first kappa shape index (κ1) is 12.3. The summed E-state index contributed by atoms with van der Waals surface area (Å²) in [6, 6.07) is 1.90. The highest BCUT2D eigenvalue weighted by molar-refractivity contribution is 14.1. The molecule has 1 aliphatic rings. The second kappa shape index (κ2) is 5.01. The molecule has 0 radical (unpaired) electrons. The number of aliphatic hydroxyl groups is 1. The highest BCUT2D eigenvalue weighted by Gasteiger charge is 2.28. The molecule has 0 aliphatic carbocycles. The van der Waals surface area contributed by atoms with Crippen LogP contribution in [0.15, 0.2) is 11.4 Å². The van der Waals surface area contributed by atoms with Crippen LogP contribution in [-0.2, 0) is 0 Å². The quantitative estimate of drug-likeness (QED) is 0.788. The molecule has 0 saturated carbocycles. The van der Waals surface area contributed by atoms with Gasteiger partial charge in [-0.2, -0.15) is 0 Å². The molecule has 1 amide bonds. The lowest BCUT2D eigenvalue weighted by Gasteiger charge is -2.34. The van der Waals surface area contributed by atoms with Crippen LogP contribution in [0.25, 0.3) is 0 Å². The normalized spacial score (nSPS) is 25.8. The molecule has 1 saturated heterocycles. The zero-order valence-corrected chi connectivity index (χ0v) is 12.0. The van der Waals surface area contributed by atoms with Crippen LogP contribution in [0.2, 0.25) is 0 Å². The number of halogens is 1. The van der Waals surface area contributed by atoms with Crippen molar-refractivity contribution in [3.8, 4) is 0 Å². The van der Waals surface area contributed by atoms with Crippen LogP contribution in [0.5, 0.6) is 0 Å². The van der Waals surface area contributed by atoms with Gasteiger partial charge in [-0.25, -0.2) is 0 Å². The molecule has 2 atom stereocenters. The lowest BCUT2D eigenvalue weighted by atomic mass is 9.96. The summed E-state index contributed by atoms with van der Waals surface area (Å²) < 4.78 is 1.12. The zero-order valence-electron chi connectivity index (χ0n) is 9.02.